The number of ether oxygens (including phenoxy) is 1. The van der Waals surface area contributed by atoms with E-state index in [-0.39, 0.29) is 5.75 Å². The molecule has 2 aromatic rings. The third-order valence-corrected chi connectivity index (χ3v) is 3.44. The molecule has 2 N–H and O–H groups in total. The van der Waals surface area contributed by atoms with Gasteiger partial charge in [0.2, 0.25) is 0 Å². The van der Waals surface area contributed by atoms with Gasteiger partial charge in [-0.1, -0.05) is 24.3 Å². The molecule has 98 valence electrons. The van der Waals surface area contributed by atoms with Gasteiger partial charge in [-0.3, -0.25) is 0 Å². The van der Waals surface area contributed by atoms with Gasteiger partial charge < -0.3 is 15.2 Å². The van der Waals surface area contributed by atoms with Gasteiger partial charge >= 0.3 is 0 Å². The summed E-state index contributed by atoms with van der Waals surface area (Å²) in [6.45, 7) is 4.19. The topological polar surface area (TPSA) is 41.5 Å². The number of benzene rings is 2. The lowest BCUT2D eigenvalue weighted by Crippen LogP contribution is -2.16. The van der Waals surface area contributed by atoms with E-state index in [0.717, 1.165) is 29.8 Å². The molecule has 0 saturated carbocycles. The van der Waals surface area contributed by atoms with Gasteiger partial charge in [0, 0.05) is 18.7 Å². The summed E-state index contributed by atoms with van der Waals surface area (Å²) in [5.41, 5.74) is 4.38. The highest BCUT2D eigenvalue weighted by Crippen LogP contribution is 2.37. The fraction of sp³-hybridized carbons (Fsp3) is 0.250. The van der Waals surface area contributed by atoms with Crippen molar-refractivity contribution in [1.29, 1.82) is 0 Å². The van der Waals surface area contributed by atoms with Crippen molar-refractivity contribution in [1.82, 2.24) is 5.32 Å². The van der Waals surface area contributed by atoms with Gasteiger partial charge in [-0.15, -0.1) is 0 Å². The van der Waals surface area contributed by atoms with Crippen molar-refractivity contribution in [3.8, 4) is 22.6 Å². The fourth-order valence-electron chi connectivity index (χ4n) is 2.47. The van der Waals surface area contributed by atoms with Crippen molar-refractivity contribution in [3.05, 3.63) is 47.5 Å². The Hall–Kier alpha value is -2.00. The van der Waals surface area contributed by atoms with E-state index in [4.69, 9.17) is 4.74 Å². The van der Waals surface area contributed by atoms with Crippen LogP contribution in [0.15, 0.2) is 36.4 Å². The molecule has 0 saturated heterocycles. The molecule has 1 heterocycles. The van der Waals surface area contributed by atoms with Gasteiger partial charge in [-0.25, -0.2) is 0 Å². The van der Waals surface area contributed by atoms with Gasteiger partial charge in [0.25, 0.3) is 0 Å². The summed E-state index contributed by atoms with van der Waals surface area (Å²) < 4.78 is 5.59. The second-order valence-corrected chi connectivity index (χ2v) is 4.82. The Balaban J connectivity index is 2.12. The first kappa shape index (κ1) is 12.1. The number of fused-ring (bicyclic) bond motifs is 1. The minimum Gasteiger partial charge on any atom is -0.504 e. The number of nitrogens with one attached hydrogen (secondary N) is 1. The van der Waals surface area contributed by atoms with Crippen molar-refractivity contribution in [2.75, 3.05) is 13.2 Å². The number of aromatic hydroxyl groups is 1. The maximum absolute atomic E-state index is 10.2. The van der Waals surface area contributed by atoms with Crippen LogP contribution >= 0.6 is 0 Å². The van der Waals surface area contributed by atoms with E-state index >= 15 is 0 Å². The van der Waals surface area contributed by atoms with Crippen LogP contribution in [0, 0.1) is 6.92 Å². The molecule has 0 fully saturated rings. The molecule has 1 aliphatic heterocycles. The van der Waals surface area contributed by atoms with Crippen molar-refractivity contribution in [3.63, 3.8) is 0 Å². The summed E-state index contributed by atoms with van der Waals surface area (Å²) in [4.78, 5) is 0. The molecule has 0 radical (unpaired) electrons. The molecule has 0 bridgehead atoms. The predicted octanol–water partition coefficient (Wildman–Crippen LogP) is 2.85. The molecular formula is C16H17NO2. The van der Waals surface area contributed by atoms with Crippen LogP contribution in [0.1, 0.15) is 11.1 Å². The standard InChI is InChI=1S/C16H17NO2/c1-11-4-2-3-5-14(11)12-8-13-10-17-6-7-19-16(13)15(18)9-12/h2-5,8-9,17-18H,6-7,10H2,1H3. The molecule has 3 rings (SSSR count). The SMILES string of the molecule is Cc1ccccc1-c1cc(O)c2c(c1)CNCCO2. The zero-order valence-electron chi connectivity index (χ0n) is 10.9. The van der Waals surface area contributed by atoms with Crippen LogP contribution in [0.5, 0.6) is 11.5 Å². The van der Waals surface area contributed by atoms with Crippen LogP contribution in [0.3, 0.4) is 0 Å². The zero-order chi connectivity index (χ0) is 13.2. The third-order valence-electron chi connectivity index (χ3n) is 3.44. The Morgan fingerprint density at radius 1 is 1.21 bits per heavy atom. The van der Waals surface area contributed by atoms with Crippen molar-refractivity contribution in [2.45, 2.75) is 13.5 Å². The monoisotopic (exact) mass is 255 g/mol. The van der Waals surface area contributed by atoms with E-state index in [1.54, 1.807) is 6.07 Å². The Morgan fingerprint density at radius 2 is 2.05 bits per heavy atom. The number of phenolic OH excluding ortho intramolecular Hbond substituents is 1. The average molecular weight is 255 g/mol. The van der Waals surface area contributed by atoms with E-state index in [9.17, 15) is 5.11 Å². The number of rotatable bonds is 1. The largest absolute Gasteiger partial charge is 0.504 e. The third kappa shape index (κ3) is 2.29. The van der Waals surface area contributed by atoms with Crippen LogP contribution in [0.2, 0.25) is 0 Å². The lowest BCUT2D eigenvalue weighted by molar-refractivity contribution is 0.307. The minimum atomic E-state index is 0.222. The highest BCUT2D eigenvalue weighted by Gasteiger charge is 2.15. The van der Waals surface area contributed by atoms with Crippen LogP contribution in [-0.4, -0.2) is 18.3 Å². The molecular weight excluding hydrogens is 238 g/mol. The van der Waals surface area contributed by atoms with Gasteiger partial charge in [0.1, 0.15) is 6.61 Å². The maximum atomic E-state index is 10.2. The van der Waals surface area contributed by atoms with Gasteiger partial charge in [-0.2, -0.15) is 0 Å². The number of aryl methyl sites for hydroxylation is 1. The summed E-state index contributed by atoms with van der Waals surface area (Å²) in [7, 11) is 0. The van der Waals surface area contributed by atoms with E-state index < -0.39 is 0 Å². The molecule has 19 heavy (non-hydrogen) atoms. The van der Waals surface area contributed by atoms with E-state index in [2.05, 4.69) is 30.4 Å². The number of hydrogen-bond acceptors (Lipinski definition) is 3. The lowest BCUT2D eigenvalue weighted by atomic mass is 9.98. The van der Waals surface area contributed by atoms with Gasteiger partial charge in [0.05, 0.1) is 0 Å². The van der Waals surface area contributed by atoms with E-state index in [1.165, 1.54) is 5.56 Å². The minimum absolute atomic E-state index is 0.222. The normalized spacial score (nSPS) is 14.4. The molecule has 0 spiro atoms. The van der Waals surface area contributed by atoms with E-state index in [1.807, 2.05) is 12.1 Å². The molecule has 0 unspecified atom stereocenters. The van der Waals surface area contributed by atoms with Crippen molar-refractivity contribution >= 4 is 0 Å². The quantitative estimate of drug-likeness (QED) is 0.823. The summed E-state index contributed by atoms with van der Waals surface area (Å²) in [6, 6.07) is 12.1. The molecule has 2 aromatic carbocycles. The second-order valence-electron chi connectivity index (χ2n) is 4.82. The highest BCUT2D eigenvalue weighted by atomic mass is 16.5. The predicted molar refractivity (Wildman–Crippen MR) is 75.5 cm³/mol. The molecule has 0 atom stereocenters. The summed E-state index contributed by atoms with van der Waals surface area (Å²) in [5, 5.41) is 13.4. The smallest absolute Gasteiger partial charge is 0.165 e. The highest BCUT2D eigenvalue weighted by molar-refractivity contribution is 5.71. The summed E-state index contributed by atoms with van der Waals surface area (Å²) >= 11 is 0. The molecule has 0 aromatic heterocycles. The zero-order valence-corrected chi connectivity index (χ0v) is 10.9. The first-order valence-corrected chi connectivity index (χ1v) is 6.51. The van der Waals surface area contributed by atoms with Crippen LogP contribution in [0.4, 0.5) is 0 Å². The van der Waals surface area contributed by atoms with Crippen LogP contribution < -0.4 is 10.1 Å². The van der Waals surface area contributed by atoms with Crippen LogP contribution in [-0.2, 0) is 6.54 Å². The number of phenols is 1. The van der Waals surface area contributed by atoms with Crippen molar-refractivity contribution < 1.29 is 9.84 Å². The Bertz CT molecular complexity index is 608. The maximum Gasteiger partial charge on any atom is 0.165 e. The van der Waals surface area contributed by atoms with Crippen LogP contribution in [0.25, 0.3) is 11.1 Å². The first-order chi connectivity index (χ1) is 9.25. The molecule has 3 nitrogen and oxygen atoms in total. The Labute approximate surface area is 112 Å². The van der Waals surface area contributed by atoms with Gasteiger partial charge in [-0.05, 0) is 35.7 Å². The molecule has 3 heteroatoms. The molecule has 1 aliphatic rings. The lowest BCUT2D eigenvalue weighted by Gasteiger charge is -2.13. The van der Waals surface area contributed by atoms with Gasteiger partial charge in [0.15, 0.2) is 11.5 Å². The first-order valence-electron chi connectivity index (χ1n) is 6.51. The molecule has 0 aliphatic carbocycles. The summed E-state index contributed by atoms with van der Waals surface area (Å²) in [5.74, 6) is 0.835. The Kier molecular flexibility index (Phi) is 3.13. The van der Waals surface area contributed by atoms with Crippen molar-refractivity contribution in [2.24, 2.45) is 0 Å². The number of hydrogen-bond donors (Lipinski definition) is 2. The fourth-order valence-corrected chi connectivity index (χ4v) is 2.47. The summed E-state index contributed by atoms with van der Waals surface area (Å²) in [6.07, 6.45) is 0. The second kappa shape index (κ2) is 4.94. The average Bonchev–Trinajstić information content (AvgIpc) is 2.65. The molecule has 0 amide bonds. The Morgan fingerprint density at radius 3 is 2.89 bits per heavy atom. The van der Waals surface area contributed by atoms with E-state index in [0.29, 0.717) is 12.4 Å².